The van der Waals surface area contributed by atoms with Crippen molar-refractivity contribution in [1.82, 2.24) is 14.5 Å². The molecule has 37 heavy (non-hydrogen) atoms. The van der Waals surface area contributed by atoms with Crippen molar-refractivity contribution in [2.24, 2.45) is 0 Å². The summed E-state index contributed by atoms with van der Waals surface area (Å²) in [7, 11) is 1.16. The monoisotopic (exact) mass is 547 g/mol. The second-order valence-corrected chi connectivity index (χ2v) is 9.23. The Morgan fingerprint density at radius 3 is 2.43 bits per heavy atom. The summed E-state index contributed by atoms with van der Waals surface area (Å²) < 4.78 is 37.6. The average Bonchev–Trinajstić information content (AvgIpc) is 3.19. The van der Waals surface area contributed by atoms with E-state index in [2.05, 4.69) is 10.1 Å². The Bertz CT molecular complexity index is 1510. The molecule has 3 aromatic carbocycles. The van der Waals surface area contributed by atoms with Gasteiger partial charge < -0.3 is 10.1 Å². The lowest BCUT2D eigenvalue weighted by atomic mass is 9.90. The van der Waals surface area contributed by atoms with E-state index in [-0.39, 0.29) is 46.1 Å². The van der Waals surface area contributed by atoms with Gasteiger partial charge in [-0.25, -0.2) is 18.4 Å². The van der Waals surface area contributed by atoms with Gasteiger partial charge >= 0.3 is 11.7 Å². The van der Waals surface area contributed by atoms with Crippen molar-refractivity contribution >= 4 is 41.0 Å². The summed E-state index contributed by atoms with van der Waals surface area (Å²) in [6, 6.07) is 14.7. The van der Waals surface area contributed by atoms with Crippen LogP contribution >= 0.6 is 24.0 Å². The summed E-state index contributed by atoms with van der Waals surface area (Å²) in [5.41, 5.74) is 1.20. The highest BCUT2D eigenvalue weighted by Crippen LogP contribution is 2.29. The van der Waals surface area contributed by atoms with E-state index >= 15 is 8.78 Å². The number of imidazole rings is 1. The first kappa shape index (κ1) is 26.9. The summed E-state index contributed by atoms with van der Waals surface area (Å²) in [6.45, 7) is 1.70. The quantitative estimate of drug-likeness (QED) is 0.337. The van der Waals surface area contributed by atoms with Crippen LogP contribution in [0.4, 0.5) is 8.78 Å². The van der Waals surface area contributed by atoms with Crippen LogP contribution in [0.2, 0.25) is 5.02 Å². The first-order chi connectivity index (χ1) is 17.4. The summed E-state index contributed by atoms with van der Waals surface area (Å²) in [6.07, 6.45) is 2.05. The number of hydrogen-bond acceptors (Lipinski definition) is 4. The molecule has 2 heterocycles. The van der Waals surface area contributed by atoms with Gasteiger partial charge in [-0.3, -0.25) is 9.13 Å². The van der Waals surface area contributed by atoms with Gasteiger partial charge in [-0.05, 0) is 67.7 Å². The molecule has 0 radical (unpaired) electrons. The van der Waals surface area contributed by atoms with E-state index in [9.17, 15) is 9.59 Å². The number of fused-ring (bicyclic) bond motifs is 1. The fraction of sp³-hybridized carbons (Fsp3) is 0.259. The number of ether oxygens (including phenoxy) is 1. The Morgan fingerprint density at radius 2 is 1.76 bits per heavy atom. The van der Waals surface area contributed by atoms with Gasteiger partial charge in [0.2, 0.25) is 0 Å². The zero-order valence-electron chi connectivity index (χ0n) is 20.0. The molecule has 1 aliphatic heterocycles. The van der Waals surface area contributed by atoms with Crippen molar-refractivity contribution in [2.75, 3.05) is 20.2 Å². The maximum absolute atomic E-state index is 15.3. The van der Waals surface area contributed by atoms with Gasteiger partial charge in [-0.2, -0.15) is 0 Å². The van der Waals surface area contributed by atoms with Crippen molar-refractivity contribution in [3.8, 4) is 5.69 Å². The second-order valence-electron chi connectivity index (χ2n) is 8.82. The SMILES string of the molecule is COC(=O)c1cccc(Cn2c(=O)n(-c3ccc(C4CCNCC4)cc3)c3c(F)c(Cl)ccc32)c1F.Cl. The molecule has 0 aliphatic carbocycles. The lowest BCUT2D eigenvalue weighted by molar-refractivity contribution is 0.0595. The molecule has 194 valence electrons. The normalized spacial score (nSPS) is 13.9. The Labute approximate surface area is 223 Å². The fourth-order valence-electron chi connectivity index (χ4n) is 4.86. The van der Waals surface area contributed by atoms with E-state index in [4.69, 9.17) is 11.6 Å². The van der Waals surface area contributed by atoms with Gasteiger partial charge in [-0.15, -0.1) is 12.4 Å². The van der Waals surface area contributed by atoms with Crippen LogP contribution in [-0.2, 0) is 11.3 Å². The molecular formula is C27H25Cl2F2N3O3. The average molecular weight is 548 g/mol. The molecule has 1 aromatic heterocycles. The van der Waals surface area contributed by atoms with E-state index in [0.717, 1.165) is 38.6 Å². The van der Waals surface area contributed by atoms with Gasteiger partial charge in [0.1, 0.15) is 11.3 Å². The highest BCUT2D eigenvalue weighted by atomic mass is 35.5. The van der Waals surface area contributed by atoms with Gasteiger partial charge in [0, 0.05) is 5.56 Å². The minimum Gasteiger partial charge on any atom is -0.465 e. The Morgan fingerprint density at radius 1 is 1.05 bits per heavy atom. The second kappa shape index (κ2) is 11.0. The van der Waals surface area contributed by atoms with Gasteiger partial charge in [0.15, 0.2) is 5.82 Å². The third-order valence-electron chi connectivity index (χ3n) is 6.76. The summed E-state index contributed by atoms with van der Waals surface area (Å²) in [5.74, 6) is -1.93. The van der Waals surface area contributed by atoms with Crippen LogP contribution in [0.15, 0.2) is 59.4 Å². The predicted octanol–water partition coefficient (Wildman–Crippen LogP) is 5.45. The van der Waals surface area contributed by atoms with Crippen molar-refractivity contribution in [2.45, 2.75) is 25.3 Å². The molecule has 10 heteroatoms. The van der Waals surface area contributed by atoms with Gasteiger partial charge in [0.25, 0.3) is 0 Å². The van der Waals surface area contributed by atoms with Crippen LogP contribution in [0.5, 0.6) is 0 Å². The molecule has 1 N–H and O–H groups in total. The van der Waals surface area contributed by atoms with E-state index in [1.54, 1.807) is 12.1 Å². The first-order valence-corrected chi connectivity index (χ1v) is 12.0. The highest BCUT2D eigenvalue weighted by Gasteiger charge is 2.23. The molecular weight excluding hydrogens is 523 g/mol. The number of carbonyl (C=O) groups excluding carboxylic acids is 1. The number of hydrogen-bond donors (Lipinski definition) is 1. The number of aromatic nitrogens is 2. The topological polar surface area (TPSA) is 65.3 Å². The molecule has 0 spiro atoms. The van der Waals surface area contributed by atoms with E-state index < -0.39 is 23.3 Å². The fourth-order valence-corrected chi connectivity index (χ4v) is 5.02. The zero-order chi connectivity index (χ0) is 25.4. The van der Waals surface area contributed by atoms with Crippen LogP contribution in [-0.4, -0.2) is 35.3 Å². The number of carbonyl (C=O) groups is 1. The molecule has 5 rings (SSSR count). The first-order valence-electron chi connectivity index (χ1n) is 11.7. The van der Waals surface area contributed by atoms with Crippen molar-refractivity contribution in [3.63, 3.8) is 0 Å². The molecule has 1 saturated heterocycles. The maximum atomic E-state index is 15.3. The van der Waals surface area contributed by atoms with Crippen LogP contribution in [0.1, 0.15) is 40.2 Å². The van der Waals surface area contributed by atoms with Gasteiger partial charge in [-0.1, -0.05) is 35.9 Å². The number of benzene rings is 3. The molecule has 0 unspecified atom stereocenters. The lowest BCUT2D eigenvalue weighted by Crippen LogP contribution is -2.26. The van der Waals surface area contributed by atoms with Crippen LogP contribution in [0, 0.1) is 11.6 Å². The van der Waals surface area contributed by atoms with Gasteiger partial charge in [0.05, 0.1) is 35.4 Å². The molecule has 1 aliphatic rings. The number of halogens is 4. The van der Waals surface area contributed by atoms with Crippen molar-refractivity contribution < 1.29 is 18.3 Å². The van der Waals surface area contributed by atoms with Crippen LogP contribution < -0.4 is 11.0 Å². The minimum absolute atomic E-state index is 0. The minimum atomic E-state index is -0.823. The van der Waals surface area contributed by atoms with Crippen molar-refractivity contribution in [3.05, 3.63) is 98.4 Å². The molecule has 0 bridgehead atoms. The van der Waals surface area contributed by atoms with E-state index in [1.807, 2.05) is 12.1 Å². The van der Waals surface area contributed by atoms with Crippen LogP contribution in [0.3, 0.4) is 0 Å². The molecule has 0 saturated carbocycles. The highest BCUT2D eigenvalue weighted by molar-refractivity contribution is 6.31. The number of nitrogens with zero attached hydrogens (tertiary/aromatic N) is 2. The largest absolute Gasteiger partial charge is 0.465 e. The standard InChI is InChI=1S/C27H24ClF2N3O3.ClH/c1-36-26(34)20-4-2-3-18(23(20)29)15-32-22-10-9-21(28)24(30)25(22)33(27(32)35)19-7-5-16(6-8-19)17-11-13-31-14-12-17;/h2-10,17,31H,11-15H2,1H3;1H. The zero-order valence-corrected chi connectivity index (χ0v) is 21.5. The lowest BCUT2D eigenvalue weighted by Gasteiger charge is -2.23. The van der Waals surface area contributed by atoms with E-state index in [0.29, 0.717) is 11.6 Å². The molecule has 0 atom stereocenters. The van der Waals surface area contributed by atoms with Crippen molar-refractivity contribution in [1.29, 1.82) is 0 Å². The Kier molecular flexibility index (Phi) is 8.02. The number of piperidine rings is 1. The molecule has 6 nitrogen and oxygen atoms in total. The Balaban J connectivity index is 0.00000320. The Hall–Kier alpha value is -3.20. The molecule has 4 aromatic rings. The number of esters is 1. The summed E-state index contributed by atoms with van der Waals surface area (Å²) in [4.78, 5) is 25.6. The number of rotatable bonds is 5. The van der Waals surface area contributed by atoms with E-state index in [1.165, 1.54) is 39.5 Å². The summed E-state index contributed by atoms with van der Waals surface area (Å²) >= 11 is 6.08. The summed E-state index contributed by atoms with van der Waals surface area (Å²) in [5, 5.41) is 3.22. The number of methoxy groups -OCH3 is 1. The third-order valence-corrected chi connectivity index (χ3v) is 7.05. The molecule has 0 amide bonds. The molecule has 1 fully saturated rings. The maximum Gasteiger partial charge on any atom is 0.340 e. The smallest absolute Gasteiger partial charge is 0.340 e. The van der Waals surface area contributed by atoms with Crippen LogP contribution in [0.25, 0.3) is 16.7 Å². The predicted molar refractivity (Wildman–Crippen MR) is 141 cm³/mol. The third kappa shape index (κ3) is 4.89. The number of nitrogens with one attached hydrogen (secondary N) is 1.